The van der Waals surface area contributed by atoms with Gasteiger partial charge >= 0.3 is 0 Å². The van der Waals surface area contributed by atoms with Crippen molar-refractivity contribution in [2.75, 3.05) is 0 Å². The largest absolute Gasteiger partial charge is 0.300 e. The molecule has 20 heavy (non-hydrogen) atoms. The number of ketones is 2. The third-order valence-electron chi connectivity index (χ3n) is 3.78. The second kappa shape index (κ2) is 14.7. The molecule has 0 unspecified atom stereocenters. The van der Waals surface area contributed by atoms with Crippen molar-refractivity contribution in [1.82, 2.24) is 0 Å². The maximum Gasteiger partial charge on any atom is 0.132 e. The molecule has 0 saturated heterocycles. The van der Waals surface area contributed by atoms with Crippen LogP contribution < -0.4 is 0 Å². The minimum atomic E-state index is 0.438. The Morgan fingerprint density at radius 3 is 1.15 bits per heavy atom. The number of rotatable bonds is 15. The highest BCUT2D eigenvalue weighted by molar-refractivity contribution is 5.78. The Labute approximate surface area is 125 Å². The molecule has 0 N–H and O–H groups in total. The number of unbranched alkanes of at least 4 members (excludes halogenated alkanes) is 7. The molecule has 0 radical (unpaired) electrons. The molecular weight excluding hydrogens is 248 g/mol. The Morgan fingerprint density at radius 1 is 0.500 bits per heavy atom. The minimum Gasteiger partial charge on any atom is -0.300 e. The SMILES string of the molecule is CCCCC(=O)CCCCCCCCC(=O)CCCC. The fraction of sp³-hybridized carbons (Fsp3) is 0.889. The van der Waals surface area contributed by atoms with Gasteiger partial charge in [-0.25, -0.2) is 0 Å². The molecule has 0 aliphatic rings. The zero-order valence-electron chi connectivity index (χ0n) is 13.7. The van der Waals surface area contributed by atoms with Gasteiger partial charge in [0.1, 0.15) is 11.6 Å². The molecule has 0 fully saturated rings. The highest BCUT2D eigenvalue weighted by atomic mass is 16.1. The van der Waals surface area contributed by atoms with Crippen molar-refractivity contribution in [3.8, 4) is 0 Å². The molecule has 0 aromatic heterocycles. The van der Waals surface area contributed by atoms with Gasteiger partial charge in [-0.15, -0.1) is 0 Å². The van der Waals surface area contributed by atoms with E-state index in [2.05, 4.69) is 13.8 Å². The Balaban J connectivity index is 3.20. The Hall–Kier alpha value is -0.660. The maximum absolute atomic E-state index is 11.5. The first-order chi connectivity index (χ1) is 9.70. The molecule has 0 amide bonds. The summed E-state index contributed by atoms with van der Waals surface area (Å²) < 4.78 is 0. The highest BCUT2D eigenvalue weighted by Crippen LogP contribution is 2.11. The lowest BCUT2D eigenvalue weighted by atomic mass is 10.0. The van der Waals surface area contributed by atoms with E-state index in [1.807, 2.05) is 0 Å². The summed E-state index contributed by atoms with van der Waals surface area (Å²) in [6.45, 7) is 4.25. The average molecular weight is 282 g/mol. The van der Waals surface area contributed by atoms with E-state index in [9.17, 15) is 9.59 Å². The first-order valence-corrected chi connectivity index (χ1v) is 8.74. The number of carbonyl (C=O) groups is 2. The summed E-state index contributed by atoms with van der Waals surface area (Å²) in [5.74, 6) is 0.877. The summed E-state index contributed by atoms with van der Waals surface area (Å²) in [6, 6.07) is 0. The smallest absolute Gasteiger partial charge is 0.132 e. The highest BCUT2D eigenvalue weighted by Gasteiger charge is 2.02. The second-order valence-electron chi connectivity index (χ2n) is 5.91. The summed E-state index contributed by atoms with van der Waals surface area (Å²) in [7, 11) is 0. The van der Waals surface area contributed by atoms with E-state index in [-0.39, 0.29) is 0 Å². The van der Waals surface area contributed by atoms with Crippen LogP contribution in [0.2, 0.25) is 0 Å². The van der Waals surface area contributed by atoms with Gasteiger partial charge < -0.3 is 0 Å². The summed E-state index contributed by atoms with van der Waals surface area (Å²) >= 11 is 0. The lowest BCUT2D eigenvalue weighted by molar-refractivity contribution is -0.120. The normalized spacial score (nSPS) is 10.7. The predicted octanol–water partition coefficient (Wildman–Crippen LogP) is 5.63. The molecule has 2 heteroatoms. The third-order valence-corrected chi connectivity index (χ3v) is 3.78. The van der Waals surface area contributed by atoms with Crippen LogP contribution in [0.3, 0.4) is 0 Å². The predicted molar refractivity (Wildman–Crippen MR) is 86.0 cm³/mol. The molecule has 0 aromatic carbocycles. The standard InChI is InChI=1S/C18H34O2/c1-3-5-13-17(19)15-11-9-7-8-10-12-16-18(20)14-6-4-2/h3-16H2,1-2H3. The van der Waals surface area contributed by atoms with Crippen molar-refractivity contribution in [3.05, 3.63) is 0 Å². The van der Waals surface area contributed by atoms with Crippen molar-refractivity contribution in [1.29, 1.82) is 0 Å². The van der Waals surface area contributed by atoms with Crippen molar-refractivity contribution >= 4 is 11.6 Å². The summed E-state index contributed by atoms with van der Waals surface area (Å²) in [4.78, 5) is 22.9. The summed E-state index contributed by atoms with van der Waals surface area (Å²) in [5, 5.41) is 0. The van der Waals surface area contributed by atoms with Crippen molar-refractivity contribution in [2.45, 2.75) is 104 Å². The number of hydrogen-bond acceptors (Lipinski definition) is 2. The average Bonchev–Trinajstić information content (AvgIpc) is 2.45. The van der Waals surface area contributed by atoms with E-state index < -0.39 is 0 Å². The Morgan fingerprint density at radius 2 is 0.800 bits per heavy atom. The van der Waals surface area contributed by atoms with E-state index in [0.717, 1.165) is 64.2 Å². The van der Waals surface area contributed by atoms with Crippen LogP contribution >= 0.6 is 0 Å². The van der Waals surface area contributed by atoms with Crippen LogP contribution in [0.25, 0.3) is 0 Å². The van der Waals surface area contributed by atoms with Crippen LogP contribution in [-0.4, -0.2) is 11.6 Å². The summed E-state index contributed by atoms with van der Waals surface area (Å²) in [6.07, 6.45) is 14.3. The van der Waals surface area contributed by atoms with Crippen LogP contribution in [-0.2, 0) is 9.59 Å². The second-order valence-corrected chi connectivity index (χ2v) is 5.91. The van der Waals surface area contributed by atoms with E-state index >= 15 is 0 Å². The molecule has 2 nitrogen and oxygen atoms in total. The van der Waals surface area contributed by atoms with E-state index in [4.69, 9.17) is 0 Å². The molecule has 118 valence electrons. The van der Waals surface area contributed by atoms with Gasteiger partial charge in [0, 0.05) is 25.7 Å². The molecule has 0 atom stereocenters. The minimum absolute atomic E-state index is 0.438. The van der Waals surface area contributed by atoms with E-state index in [1.54, 1.807) is 0 Å². The van der Waals surface area contributed by atoms with Crippen molar-refractivity contribution < 1.29 is 9.59 Å². The topological polar surface area (TPSA) is 34.1 Å². The zero-order chi connectivity index (χ0) is 15.1. The Bertz CT molecular complexity index is 220. The van der Waals surface area contributed by atoms with Crippen LogP contribution in [0, 0.1) is 0 Å². The third kappa shape index (κ3) is 13.8. The van der Waals surface area contributed by atoms with Crippen LogP contribution in [0.5, 0.6) is 0 Å². The van der Waals surface area contributed by atoms with Crippen LogP contribution in [0.15, 0.2) is 0 Å². The molecular formula is C18H34O2. The van der Waals surface area contributed by atoms with Crippen molar-refractivity contribution in [2.24, 2.45) is 0 Å². The molecule has 0 saturated carbocycles. The zero-order valence-corrected chi connectivity index (χ0v) is 13.7. The molecule has 0 spiro atoms. The van der Waals surface area contributed by atoms with E-state index in [1.165, 1.54) is 25.7 Å². The number of carbonyl (C=O) groups excluding carboxylic acids is 2. The fourth-order valence-electron chi connectivity index (χ4n) is 2.35. The first kappa shape index (κ1) is 19.3. The van der Waals surface area contributed by atoms with Crippen LogP contribution in [0.1, 0.15) is 104 Å². The number of Topliss-reactive ketones (excluding diaryl/α,β-unsaturated/α-hetero) is 2. The van der Waals surface area contributed by atoms with Crippen LogP contribution in [0.4, 0.5) is 0 Å². The van der Waals surface area contributed by atoms with Gasteiger partial charge in [-0.05, 0) is 25.7 Å². The quantitative estimate of drug-likeness (QED) is 0.365. The fourth-order valence-corrected chi connectivity index (χ4v) is 2.35. The van der Waals surface area contributed by atoms with Gasteiger partial charge in [0.05, 0.1) is 0 Å². The number of hydrogen-bond donors (Lipinski definition) is 0. The lowest BCUT2D eigenvalue weighted by Gasteiger charge is -2.02. The van der Waals surface area contributed by atoms with Gasteiger partial charge in [-0.1, -0.05) is 52.4 Å². The lowest BCUT2D eigenvalue weighted by Crippen LogP contribution is -1.98. The molecule has 0 rings (SSSR count). The van der Waals surface area contributed by atoms with Gasteiger partial charge in [0.25, 0.3) is 0 Å². The molecule has 0 bridgehead atoms. The molecule has 0 aliphatic heterocycles. The van der Waals surface area contributed by atoms with E-state index in [0.29, 0.717) is 11.6 Å². The van der Waals surface area contributed by atoms with Crippen molar-refractivity contribution in [3.63, 3.8) is 0 Å². The monoisotopic (exact) mass is 282 g/mol. The molecule has 0 heterocycles. The molecule has 0 aliphatic carbocycles. The Kier molecular flexibility index (Phi) is 14.3. The van der Waals surface area contributed by atoms with Gasteiger partial charge in [-0.2, -0.15) is 0 Å². The van der Waals surface area contributed by atoms with Gasteiger partial charge in [0.2, 0.25) is 0 Å². The van der Waals surface area contributed by atoms with Gasteiger partial charge in [-0.3, -0.25) is 9.59 Å². The summed E-state index contributed by atoms with van der Waals surface area (Å²) in [5.41, 5.74) is 0. The maximum atomic E-state index is 11.5. The molecule has 0 aromatic rings. The first-order valence-electron chi connectivity index (χ1n) is 8.74. The van der Waals surface area contributed by atoms with Gasteiger partial charge in [0.15, 0.2) is 0 Å².